The second-order valence-corrected chi connectivity index (χ2v) is 11.3. The lowest BCUT2D eigenvalue weighted by atomic mass is 9.89. The quantitative estimate of drug-likeness (QED) is 0.536. The summed E-state index contributed by atoms with van der Waals surface area (Å²) in [5.41, 5.74) is 7.30. The van der Waals surface area contributed by atoms with Crippen LogP contribution in [0.3, 0.4) is 0 Å². The molecule has 1 N–H and O–H groups in total. The molecule has 1 unspecified atom stereocenters. The number of carbonyl (C=O) groups is 2. The molecule has 8 heteroatoms. The van der Waals surface area contributed by atoms with E-state index in [0.29, 0.717) is 23.8 Å². The normalized spacial score (nSPS) is 20.2. The van der Waals surface area contributed by atoms with Gasteiger partial charge in [0.25, 0.3) is 5.91 Å². The van der Waals surface area contributed by atoms with E-state index in [0.717, 1.165) is 92.0 Å². The topological polar surface area (TPSA) is 72.5 Å². The number of likely N-dealkylation sites (N-methyl/N-ethyl adjacent to an activating group) is 1. The molecule has 1 aromatic heterocycles. The summed E-state index contributed by atoms with van der Waals surface area (Å²) in [5.74, 6) is 0.385. The number of aromatic amines is 1. The number of amides is 2. The summed E-state index contributed by atoms with van der Waals surface area (Å²) in [6.07, 6.45) is 5.08. The number of likely N-dealkylation sites (tertiary alicyclic amines) is 1. The summed E-state index contributed by atoms with van der Waals surface area (Å²) in [4.78, 5) is 31.4. The number of H-pyrrole nitrogens is 1. The Kier molecular flexibility index (Phi) is 6.97. The maximum atomic E-state index is 12.9. The summed E-state index contributed by atoms with van der Waals surface area (Å²) in [6.45, 7) is 4.24. The molecule has 3 heterocycles. The van der Waals surface area contributed by atoms with Crippen molar-refractivity contribution in [1.82, 2.24) is 24.9 Å². The highest BCUT2D eigenvalue weighted by Crippen LogP contribution is 2.32. The maximum absolute atomic E-state index is 12.9. The Labute approximate surface area is 228 Å². The highest BCUT2D eigenvalue weighted by molar-refractivity contribution is 6.31. The van der Waals surface area contributed by atoms with Gasteiger partial charge in [0.15, 0.2) is 0 Å². The number of benzene rings is 2. The number of piperazine rings is 1. The third-order valence-corrected chi connectivity index (χ3v) is 8.77. The van der Waals surface area contributed by atoms with Gasteiger partial charge in [-0.2, -0.15) is 5.10 Å². The van der Waals surface area contributed by atoms with Crippen molar-refractivity contribution >= 4 is 23.4 Å². The van der Waals surface area contributed by atoms with E-state index in [9.17, 15) is 9.59 Å². The van der Waals surface area contributed by atoms with Gasteiger partial charge in [-0.05, 0) is 73.2 Å². The number of hydrogen-bond acceptors (Lipinski definition) is 4. The molecule has 2 fully saturated rings. The van der Waals surface area contributed by atoms with Crippen LogP contribution in [0.4, 0.5) is 0 Å². The van der Waals surface area contributed by atoms with E-state index in [2.05, 4.69) is 39.2 Å². The van der Waals surface area contributed by atoms with Crippen LogP contribution in [0.5, 0.6) is 0 Å². The van der Waals surface area contributed by atoms with Crippen LogP contribution in [-0.4, -0.2) is 82.5 Å². The van der Waals surface area contributed by atoms with Crippen LogP contribution >= 0.6 is 11.6 Å². The number of nitrogens with one attached hydrogen (secondary N) is 1. The van der Waals surface area contributed by atoms with Crippen LogP contribution in [0, 0.1) is 0 Å². The maximum Gasteiger partial charge on any atom is 0.253 e. The highest BCUT2D eigenvalue weighted by Gasteiger charge is 2.32. The van der Waals surface area contributed by atoms with Gasteiger partial charge in [0.05, 0.1) is 5.69 Å². The Morgan fingerprint density at radius 2 is 1.79 bits per heavy atom. The first kappa shape index (κ1) is 25.1. The fourth-order valence-electron chi connectivity index (χ4n) is 6.06. The average molecular weight is 532 g/mol. The second-order valence-electron chi connectivity index (χ2n) is 10.9. The minimum atomic E-state index is 0.0947. The minimum Gasteiger partial charge on any atom is -0.339 e. The van der Waals surface area contributed by atoms with Gasteiger partial charge in [-0.1, -0.05) is 35.9 Å². The largest absolute Gasteiger partial charge is 0.339 e. The van der Waals surface area contributed by atoms with Crippen molar-refractivity contribution in [2.75, 3.05) is 39.8 Å². The van der Waals surface area contributed by atoms with Crippen molar-refractivity contribution in [3.63, 3.8) is 0 Å². The highest BCUT2D eigenvalue weighted by atomic mass is 35.5. The lowest BCUT2D eigenvalue weighted by Gasteiger charge is -2.32. The Balaban J connectivity index is 1.14. The fraction of sp³-hybridized carbons (Fsp3) is 0.433. The summed E-state index contributed by atoms with van der Waals surface area (Å²) in [6, 6.07) is 14.3. The minimum absolute atomic E-state index is 0.0947. The summed E-state index contributed by atoms with van der Waals surface area (Å²) in [7, 11) is 2.09. The molecular weight excluding hydrogens is 498 g/mol. The number of aromatic nitrogens is 2. The first-order chi connectivity index (χ1) is 18.5. The van der Waals surface area contributed by atoms with Crippen LogP contribution in [0.1, 0.15) is 52.1 Å². The predicted molar refractivity (Wildman–Crippen MR) is 148 cm³/mol. The lowest BCUT2D eigenvalue weighted by molar-refractivity contribution is -0.129. The van der Waals surface area contributed by atoms with Gasteiger partial charge in [0.2, 0.25) is 5.91 Å². The number of halogens is 1. The van der Waals surface area contributed by atoms with Crippen LogP contribution in [-0.2, 0) is 24.1 Å². The average Bonchev–Trinajstić information content (AvgIpc) is 3.55. The zero-order valence-electron chi connectivity index (χ0n) is 21.9. The molecule has 0 spiro atoms. The third kappa shape index (κ3) is 4.97. The SMILES string of the molecule is CN1CCN(C(=O)c2ccc(-c3ccc(Cc4[nH]nc5c4CC(N4CCCC4=O)CC5)c(Cl)c3)cc2)CC1. The molecule has 6 rings (SSSR count). The number of aryl methyl sites for hydroxylation is 1. The van der Waals surface area contributed by atoms with Crippen molar-refractivity contribution in [2.24, 2.45) is 0 Å². The lowest BCUT2D eigenvalue weighted by Crippen LogP contribution is -2.47. The van der Waals surface area contributed by atoms with Crippen molar-refractivity contribution in [2.45, 2.75) is 44.6 Å². The van der Waals surface area contributed by atoms with Crippen LogP contribution in [0.25, 0.3) is 11.1 Å². The van der Waals surface area contributed by atoms with E-state index in [1.54, 1.807) is 0 Å². The smallest absolute Gasteiger partial charge is 0.253 e. The molecule has 0 radical (unpaired) electrons. The van der Waals surface area contributed by atoms with Crippen molar-refractivity contribution in [3.05, 3.63) is 75.6 Å². The van der Waals surface area contributed by atoms with Gasteiger partial charge in [-0.15, -0.1) is 0 Å². The zero-order chi connectivity index (χ0) is 26.2. The van der Waals surface area contributed by atoms with Gasteiger partial charge in [0.1, 0.15) is 0 Å². The molecule has 0 saturated carbocycles. The molecule has 3 aromatic rings. The van der Waals surface area contributed by atoms with E-state index in [-0.39, 0.29) is 11.9 Å². The second kappa shape index (κ2) is 10.5. The molecule has 1 aliphatic carbocycles. The summed E-state index contributed by atoms with van der Waals surface area (Å²) >= 11 is 6.77. The van der Waals surface area contributed by atoms with Crippen LogP contribution in [0.2, 0.25) is 5.02 Å². The van der Waals surface area contributed by atoms with Gasteiger partial charge < -0.3 is 14.7 Å². The molecule has 2 aliphatic heterocycles. The van der Waals surface area contributed by atoms with Crippen molar-refractivity contribution in [3.8, 4) is 11.1 Å². The summed E-state index contributed by atoms with van der Waals surface area (Å²) < 4.78 is 0. The summed E-state index contributed by atoms with van der Waals surface area (Å²) in [5, 5.41) is 8.55. The van der Waals surface area contributed by atoms with E-state index in [1.807, 2.05) is 35.2 Å². The van der Waals surface area contributed by atoms with E-state index < -0.39 is 0 Å². The number of rotatable bonds is 5. The van der Waals surface area contributed by atoms with E-state index in [1.165, 1.54) is 5.56 Å². The first-order valence-electron chi connectivity index (χ1n) is 13.7. The molecule has 1 atom stereocenters. The molecule has 2 aromatic carbocycles. The number of nitrogens with zero attached hydrogens (tertiary/aromatic N) is 4. The molecule has 2 saturated heterocycles. The number of hydrogen-bond donors (Lipinski definition) is 1. The van der Waals surface area contributed by atoms with Crippen molar-refractivity contribution < 1.29 is 9.59 Å². The van der Waals surface area contributed by atoms with Gasteiger partial charge in [-0.3, -0.25) is 14.7 Å². The third-order valence-electron chi connectivity index (χ3n) is 8.42. The standard InChI is InChI=1S/C30H34ClN5O2/c1-34-13-15-35(16-14-34)30(38)21-6-4-20(5-7-21)22-8-9-23(26(31)17-22)18-28-25-19-24(10-11-27(25)32-33-28)36-12-2-3-29(36)37/h4-9,17,24H,2-3,10-16,18-19H2,1H3,(H,32,33). The van der Waals surface area contributed by atoms with Gasteiger partial charge in [-0.25, -0.2) is 0 Å². The molecule has 0 bridgehead atoms. The Morgan fingerprint density at radius 1 is 1.03 bits per heavy atom. The molecule has 198 valence electrons. The molecule has 2 amide bonds. The van der Waals surface area contributed by atoms with E-state index in [4.69, 9.17) is 11.6 Å². The van der Waals surface area contributed by atoms with Crippen molar-refractivity contribution in [1.29, 1.82) is 0 Å². The van der Waals surface area contributed by atoms with Crippen LogP contribution < -0.4 is 0 Å². The van der Waals surface area contributed by atoms with Gasteiger partial charge >= 0.3 is 0 Å². The zero-order valence-corrected chi connectivity index (χ0v) is 22.6. The Morgan fingerprint density at radius 3 is 2.50 bits per heavy atom. The molecule has 3 aliphatic rings. The molecule has 7 nitrogen and oxygen atoms in total. The molecule has 38 heavy (non-hydrogen) atoms. The van der Waals surface area contributed by atoms with E-state index >= 15 is 0 Å². The fourth-order valence-corrected chi connectivity index (χ4v) is 6.31. The Bertz CT molecular complexity index is 1340. The monoisotopic (exact) mass is 531 g/mol. The first-order valence-corrected chi connectivity index (χ1v) is 14.0. The molecular formula is C30H34ClN5O2. The number of carbonyl (C=O) groups excluding carboxylic acids is 2. The van der Waals surface area contributed by atoms with Gasteiger partial charge in [0, 0.05) is 67.9 Å². The predicted octanol–water partition coefficient (Wildman–Crippen LogP) is 4.19. The van der Waals surface area contributed by atoms with Crippen LogP contribution in [0.15, 0.2) is 42.5 Å². The Hall–Kier alpha value is -3.16. The number of fused-ring (bicyclic) bond motifs is 1.